The first-order valence-electron chi connectivity index (χ1n) is 5.93. The molecule has 0 spiro atoms. The Morgan fingerprint density at radius 3 is 2.61 bits per heavy atom. The molecule has 0 unspecified atom stereocenters. The second-order valence-corrected chi connectivity index (χ2v) is 6.70. The molecule has 2 heterocycles. The summed E-state index contributed by atoms with van der Waals surface area (Å²) < 4.78 is 30.1. The molecule has 18 heavy (non-hydrogen) atoms. The van der Waals surface area contributed by atoms with Gasteiger partial charge in [0.15, 0.2) is 0 Å². The third-order valence-electron chi connectivity index (χ3n) is 3.39. The van der Waals surface area contributed by atoms with Crippen LogP contribution in [0.2, 0.25) is 0 Å². The van der Waals surface area contributed by atoms with Crippen LogP contribution in [0.4, 0.5) is 5.69 Å². The quantitative estimate of drug-likeness (QED) is 0.880. The lowest BCUT2D eigenvalue weighted by molar-refractivity contribution is -0.0669. The van der Waals surface area contributed by atoms with Crippen molar-refractivity contribution in [1.82, 2.24) is 4.90 Å². The third kappa shape index (κ3) is 2.36. The van der Waals surface area contributed by atoms with Crippen LogP contribution in [0.3, 0.4) is 0 Å². The Kier molecular flexibility index (Phi) is 2.80. The van der Waals surface area contributed by atoms with Crippen LogP contribution in [-0.4, -0.2) is 38.8 Å². The van der Waals surface area contributed by atoms with E-state index in [0.29, 0.717) is 11.7 Å². The topological polar surface area (TPSA) is 58.6 Å². The van der Waals surface area contributed by atoms with Crippen molar-refractivity contribution in [2.75, 3.05) is 24.2 Å². The number of nitrogens with zero attached hydrogens (tertiary/aromatic N) is 1. The normalized spacial score (nSPS) is 20.5. The van der Waals surface area contributed by atoms with Gasteiger partial charge in [0.1, 0.15) is 0 Å². The van der Waals surface area contributed by atoms with Gasteiger partial charge in [0.05, 0.1) is 25.5 Å². The van der Waals surface area contributed by atoms with E-state index in [4.69, 9.17) is 4.74 Å². The smallest absolute Gasteiger partial charge is 0.229 e. The van der Waals surface area contributed by atoms with E-state index >= 15 is 0 Å². The highest BCUT2D eigenvalue weighted by molar-refractivity contribution is 7.92. The van der Waals surface area contributed by atoms with Gasteiger partial charge in [0.2, 0.25) is 10.0 Å². The molecule has 0 atom stereocenters. The van der Waals surface area contributed by atoms with E-state index < -0.39 is 10.0 Å². The molecule has 1 saturated heterocycles. The maximum atomic E-state index is 11.2. The second kappa shape index (κ2) is 4.22. The summed E-state index contributed by atoms with van der Waals surface area (Å²) in [5, 5.41) is 0. The van der Waals surface area contributed by atoms with Gasteiger partial charge in [-0.2, -0.15) is 0 Å². The Hall–Kier alpha value is -1.11. The number of anilines is 1. The molecular weight excluding hydrogens is 252 g/mol. The number of rotatable bonds is 3. The lowest BCUT2D eigenvalue weighted by Crippen LogP contribution is -2.46. The molecule has 0 amide bonds. The van der Waals surface area contributed by atoms with Crippen molar-refractivity contribution in [3.05, 3.63) is 29.3 Å². The Morgan fingerprint density at radius 1 is 1.28 bits per heavy atom. The molecule has 0 radical (unpaired) electrons. The molecule has 1 aromatic rings. The molecule has 0 aromatic heterocycles. The van der Waals surface area contributed by atoms with E-state index in [1.807, 2.05) is 18.2 Å². The van der Waals surface area contributed by atoms with Gasteiger partial charge < -0.3 is 4.74 Å². The van der Waals surface area contributed by atoms with Gasteiger partial charge in [-0.05, 0) is 23.3 Å². The van der Waals surface area contributed by atoms with Crippen molar-refractivity contribution in [1.29, 1.82) is 0 Å². The predicted molar refractivity (Wildman–Crippen MR) is 68.8 cm³/mol. The number of nitrogens with one attached hydrogen (secondary N) is 1. The van der Waals surface area contributed by atoms with Gasteiger partial charge in [-0.15, -0.1) is 0 Å². The molecule has 98 valence electrons. The number of ether oxygens (including phenoxy) is 1. The van der Waals surface area contributed by atoms with Crippen molar-refractivity contribution in [2.24, 2.45) is 0 Å². The summed E-state index contributed by atoms with van der Waals surface area (Å²) in [5.41, 5.74) is 3.12. The first-order chi connectivity index (χ1) is 8.51. The number of sulfonamides is 1. The van der Waals surface area contributed by atoms with E-state index in [2.05, 4.69) is 9.62 Å². The molecule has 0 saturated carbocycles. The molecule has 6 heteroatoms. The fraction of sp³-hybridized carbons (Fsp3) is 0.500. The lowest BCUT2D eigenvalue weighted by atomic mass is 10.1. The van der Waals surface area contributed by atoms with Crippen LogP contribution in [0, 0.1) is 0 Å². The maximum Gasteiger partial charge on any atom is 0.229 e. The van der Waals surface area contributed by atoms with Crippen molar-refractivity contribution in [3.63, 3.8) is 0 Å². The van der Waals surface area contributed by atoms with Crippen LogP contribution in [0.5, 0.6) is 0 Å². The summed E-state index contributed by atoms with van der Waals surface area (Å²) >= 11 is 0. The average Bonchev–Trinajstić information content (AvgIpc) is 2.54. The second-order valence-electron chi connectivity index (χ2n) is 4.95. The minimum Gasteiger partial charge on any atom is -0.378 e. The summed E-state index contributed by atoms with van der Waals surface area (Å²) in [7, 11) is -3.20. The lowest BCUT2D eigenvalue weighted by Gasteiger charge is -2.34. The van der Waals surface area contributed by atoms with Gasteiger partial charge in [-0.3, -0.25) is 9.62 Å². The molecule has 1 aromatic carbocycles. The number of fused-ring (bicyclic) bond motifs is 1. The standard InChI is InChI=1S/C12H16N2O3S/c1-18(15,16)13-11-3-2-9-5-14(6-10(9)4-11)12-7-17-8-12/h2-4,12-13H,5-8H2,1H3. The number of hydrogen-bond acceptors (Lipinski definition) is 4. The molecule has 2 aliphatic rings. The molecule has 1 fully saturated rings. The zero-order valence-corrected chi connectivity index (χ0v) is 11.0. The Labute approximate surface area is 107 Å². The first-order valence-corrected chi connectivity index (χ1v) is 7.82. The molecular formula is C12H16N2O3S. The van der Waals surface area contributed by atoms with Crippen LogP contribution >= 0.6 is 0 Å². The Balaban J connectivity index is 1.77. The molecule has 0 bridgehead atoms. The molecule has 0 aliphatic carbocycles. The van der Waals surface area contributed by atoms with Gasteiger partial charge in [0.25, 0.3) is 0 Å². The van der Waals surface area contributed by atoms with E-state index in [0.717, 1.165) is 32.6 Å². The highest BCUT2D eigenvalue weighted by atomic mass is 32.2. The summed E-state index contributed by atoms with van der Waals surface area (Å²) in [5.74, 6) is 0. The largest absolute Gasteiger partial charge is 0.378 e. The molecule has 2 aliphatic heterocycles. The predicted octanol–water partition coefficient (Wildman–Crippen LogP) is 0.772. The number of benzene rings is 1. The summed E-state index contributed by atoms with van der Waals surface area (Å²) in [6, 6.07) is 6.27. The van der Waals surface area contributed by atoms with Gasteiger partial charge in [-0.1, -0.05) is 6.07 Å². The van der Waals surface area contributed by atoms with E-state index in [9.17, 15) is 8.42 Å². The van der Waals surface area contributed by atoms with Crippen molar-refractivity contribution < 1.29 is 13.2 Å². The van der Waals surface area contributed by atoms with Crippen LogP contribution in [0.1, 0.15) is 11.1 Å². The monoisotopic (exact) mass is 268 g/mol. The van der Waals surface area contributed by atoms with Crippen LogP contribution in [-0.2, 0) is 27.8 Å². The van der Waals surface area contributed by atoms with Crippen molar-refractivity contribution >= 4 is 15.7 Å². The fourth-order valence-electron chi connectivity index (χ4n) is 2.39. The van der Waals surface area contributed by atoms with Gasteiger partial charge in [0, 0.05) is 18.8 Å². The van der Waals surface area contributed by atoms with Crippen molar-refractivity contribution in [2.45, 2.75) is 19.1 Å². The zero-order valence-electron chi connectivity index (χ0n) is 10.2. The maximum absolute atomic E-state index is 11.2. The van der Waals surface area contributed by atoms with Crippen LogP contribution < -0.4 is 4.72 Å². The Bertz CT molecular complexity index is 567. The third-order valence-corrected chi connectivity index (χ3v) is 4.00. The fourth-order valence-corrected chi connectivity index (χ4v) is 2.95. The molecule has 3 rings (SSSR count). The highest BCUT2D eigenvalue weighted by Crippen LogP contribution is 2.29. The zero-order chi connectivity index (χ0) is 12.8. The molecule has 5 nitrogen and oxygen atoms in total. The highest BCUT2D eigenvalue weighted by Gasteiger charge is 2.30. The molecule has 1 N–H and O–H groups in total. The average molecular weight is 268 g/mol. The number of hydrogen-bond donors (Lipinski definition) is 1. The van der Waals surface area contributed by atoms with Gasteiger partial charge in [-0.25, -0.2) is 8.42 Å². The first kappa shape index (κ1) is 12.0. The van der Waals surface area contributed by atoms with Crippen molar-refractivity contribution in [3.8, 4) is 0 Å². The van der Waals surface area contributed by atoms with E-state index in [1.165, 1.54) is 11.1 Å². The minimum absolute atomic E-state index is 0.517. The minimum atomic E-state index is -3.20. The van der Waals surface area contributed by atoms with Crippen LogP contribution in [0.15, 0.2) is 18.2 Å². The summed E-state index contributed by atoms with van der Waals surface area (Å²) in [4.78, 5) is 2.37. The van der Waals surface area contributed by atoms with E-state index in [1.54, 1.807) is 0 Å². The van der Waals surface area contributed by atoms with E-state index in [-0.39, 0.29) is 0 Å². The summed E-state index contributed by atoms with van der Waals surface area (Å²) in [6.07, 6.45) is 1.16. The van der Waals surface area contributed by atoms with Gasteiger partial charge >= 0.3 is 0 Å². The SMILES string of the molecule is CS(=O)(=O)Nc1ccc2c(c1)CN(C1COC1)C2. The Morgan fingerprint density at radius 2 is 2.00 bits per heavy atom. The van der Waals surface area contributed by atoms with Crippen LogP contribution in [0.25, 0.3) is 0 Å². The summed E-state index contributed by atoms with van der Waals surface area (Å²) in [6.45, 7) is 3.43.